The maximum Gasteiger partial charge on any atom is 0.233 e. The molecule has 0 spiro atoms. The Labute approximate surface area is 67.9 Å². The Morgan fingerprint density at radius 3 is 1.25 bits per heavy atom. The third-order valence-electron chi connectivity index (χ3n) is 1.13. The Bertz CT molecular complexity index is 330. The number of aromatic nitrogens is 4. The summed E-state index contributed by atoms with van der Waals surface area (Å²) in [6.45, 7) is 2.85. The molecule has 1 rings (SSSR count). The van der Waals surface area contributed by atoms with Crippen molar-refractivity contribution in [2.75, 3.05) is 0 Å². The van der Waals surface area contributed by atoms with Crippen LogP contribution in [-0.4, -0.2) is 30.6 Å². The Kier molecular flexibility index (Phi) is 2.18. The van der Waals surface area contributed by atoms with Gasteiger partial charge in [-0.15, -0.1) is 20.4 Å². The first-order valence-electron chi connectivity index (χ1n) is 3.24. The van der Waals surface area contributed by atoms with Gasteiger partial charge in [-0.3, -0.25) is 0 Å². The van der Waals surface area contributed by atoms with E-state index in [1.165, 1.54) is 13.8 Å². The summed E-state index contributed by atoms with van der Waals surface area (Å²) in [6, 6.07) is 0. The molecule has 0 bridgehead atoms. The largest absolute Gasteiger partial charge is 0.509 e. The molecule has 0 atom stereocenters. The molecular formula is C6H8N4O2. The first-order valence-corrected chi connectivity index (χ1v) is 3.24. The molecule has 0 aliphatic carbocycles. The zero-order valence-electron chi connectivity index (χ0n) is 6.68. The molecule has 6 nitrogen and oxygen atoms in total. The minimum absolute atomic E-state index is 0.0556. The van der Waals surface area contributed by atoms with Crippen LogP contribution < -0.4 is 11.0 Å². The maximum absolute atomic E-state index is 8.90. The summed E-state index contributed by atoms with van der Waals surface area (Å²) in [5.41, 5.74) is 0.111. The summed E-state index contributed by atoms with van der Waals surface area (Å²) in [6.07, 6.45) is 0. The summed E-state index contributed by atoms with van der Waals surface area (Å²) >= 11 is 0. The van der Waals surface area contributed by atoms with Crippen LogP contribution in [0.5, 0.6) is 0 Å². The van der Waals surface area contributed by atoms with Crippen molar-refractivity contribution in [3.05, 3.63) is 11.0 Å². The number of rotatable bonds is 0. The molecule has 64 valence electrons. The Balaban J connectivity index is 3.39. The van der Waals surface area contributed by atoms with E-state index in [2.05, 4.69) is 20.4 Å². The van der Waals surface area contributed by atoms with Gasteiger partial charge in [0.15, 0.2) is 0 Å². The van der Waals surface area contributed by atoms with Gasteiger partial charge in [0.05, 0.1) is 0 Å². The lowest BCUT2D eigenvalue weighted by Crippen LogP contribution is -2.29. The first-order chi connectivity index (χ1) is 5.61. The van der Waals surface area contributed by atoms with Crippen molar-refractivity contribution in [1.29, 1.82) is 0 Å². The first kappa shape index (κ1) is 8.38. The Morgan fingerprint density at radius 1 is 0.833 bits per heavy atom. The fourth-order valence-corrected chi connectivity index (χ4v) is 0.519. The van der Waals surface area contributed by atoms with Crippen molar-refractivity contribution in [3.8, 4) is 0 Å². The van der Waals surface area contributed by atoms with Crippen molar-refractivity contribution >= 4 is 11.5 Å². The second kappa shape index (κ2) is 3.12. The number of aliphatic hydroxyl groups is 2. The quantitative estimate of drug-likeness (QED) is 0.497. The van der Waals surface area contributed by atoms with E-state index in [-0.39, 0.29) is 22.5 Å². The molecule has 0 aliphatic rings. The molecule has 2 N–H and O–H groups in total. The average Bonchev–Trinajstić information content (AvgIpc) is 2.04. The van der Waals surface area contributed by atoms with Gasteiger partial charge in [-0.2, -0.15) is 0 Å². The standard InChI is InChI=1S/C6H8N4O2/c1-3(11)5-7-9-6(4(2)12)10-8-5/h11-12H,1-2H3. The molecule has 0 saturated carbocycles. The molecule has 0 aliphatic heterocycles. The van der Waals surface area contributed by atoms with Crippen molar-refractivity contribution in [3.63, 3.8) is 0 Å². The molecular weight excluding hydrogens is 160 g/mol. The summed E-state index contributed by atoms with van der Waals surface area (Å²) in [4.78, 5) is 0. The average molecular weight is 168 g/mol. The fraction of sp³-hybridized carbons (Fsp3) is 0.333. The van der Waals surface area contributed by atoms with Gasteiger partial charge in [-0.05, 0) is 13.8 Å². The summed E-state index contributed by atoms with van der Waals surface area (Å²) < 4.78 is 0. The molecule has 1 heterocycles. The lowest BCUT2D eigenvalue weighted by Gasteiger charge is -1.87. The smallest absolute Gasteiger partial charge is 0.233 e. The van der Waals surface area contributed by atoms with Gasteiger partial charge in [0.2, 0.25) is 11.0 Å². The topological polar surface area (TPSA) is 92.0 Å². The van der Waals surface area contributed by atoms with Crippen molar-refractivity contribution in [2.45, 2.75) is 13.8 Å². The Morgan fingerprint density at radius 2 is 1.08 bits per heavy atom. The van der Waals surface area contributed by atoms with Crippen LogP contribution in [0.3, 0.4) is 0 Å². The molecule has 0 unspecified atom stereocenters. The number of hydrogen-bond donors (Lipinski definition) is 2. The molecule has 0 amide bonds. The lowest BCUT2D eigenvalue weighted by molar-refractivity contribution is 0.480. The second-order valence-corrected chi connectivity index (χ2v) is 2.22. The summed E-state index contributed by atoms with van der Waals surface area (Å²) in [5.74, 6) is -0.116. The van der Waals surface area contributed by atoms with E-state index in [0.717, 1.165) is 0 Å². The number of nitrogens with zero attached hydrogens (tertiary/aromatic N) is 4. The van der Waals surface area contributed by atoms with Gasteiger partial charge < -0.3 is 10.2 Å². The summed E-state index contributed by atoms with van der Waals surface area (Å²) in [7, 11) is 0. The fourth-order valence-electron chi connectivity index (χ4n) is 0.519. The molecule has 0 radical (unpaired) electrons. The molecule has 0 saturated heterocycles. The van der Waals surface area contributed by atoms with E-state index in [4.69, 9.17) is 10.2 Å². The van der Waals surface area contributed by atoms with Crippen molar-refractivity contribution in [1.82, 2.24) is 20.4 Å². The van der Waals surface area contributed by atoms with Crippen molar-refractivity contribution < 1.29 is 10.2 Å². The van der Waals surface area contributed by atoms with Crippen LogP contribution in [0.15, 0.2) is 0 Å². The zero-order valence-corrected chi connectivity index (χ0v) is 6.68. The van der Waals surface area contributed by atoms with E-state index < -0.39 is 0 Å². The van der Waals surface area contributed by atoms with Crippen LogP contribution >= 0.6 is 0 Å². The van der Waals surface area contributed by atoms with Gasteiger partial charge in [0.25, 0.3) is 0 Å². The van der Waals surface area contributed by atoms with E-state index in [1.807, 2.05) is 0 Å². The van der Waals surface area contributed by atoms with Gasteiger partial charge in [-0.1, -0.05) is 0 Å². The van der Waals surface area contributed by atoms with Gasteiger partial charge in [0, 0.05) is 0 Å². The van der Waals surface area contributed by atoms with E-state index in [9.17, 15) is 0 Å². The highest BCUT2D eigenvalue weighted by Gasteiger charge is 1.92. The molecule has 12 heavy (non-hydrogen) atoms. The third kappa shape index (κ3) is 1.66. The Hall–Kier alpha value is -1.72. The molecule has 1 aromatic heterocycles. The predicted octanol–water partition coefficient (Wildman–Crippen LogP) is -1.36. The van der Waals surface area contributed by atoms with Crippen LogP contribution in [0.1, 0.15) is 13.8 Å². The highest BCUT2D eigenvalue weighted by atomic mass is 16.3. The highest BCUT2D eigenvalue weighted by Crippen LogP contribution is 1.74. The van der Waals surface area contributed by atoms with Crippen LogP contribution in [0.4, 0.5) is 0 Å². The predicted molar refractivity (Wildman–Crippen MR) is 40.3 cm³/mol. The van der Waals surface area contributed by atoms with Crippen LogP contribution in [-0.2, 0) is 0 Å². The van der Waals surface area contributed by atoms with Gasteiger partial charge in [-0.25, -0.2) is 0 Å². The van der Waals surface area contributed by atoms with E-state index in [1.54, 1.807) is 0 Å². The number of aliphatic hydroxyl groups excluding tert-OH is 2. The second-order valence-electron chi connectivity index (χ2n) is 2.22. The molecule has 0 aromatic carbocycles. The van der Waals surface area contributed by atoms with Crippen LogP contribution in [0, 0.1) is 0 Å². The molecule has 0 fully saturated rings. The maximum atomic E-state index is 8.90. The summed E-state index contributed by atoms with van der Waals surface area (Å²) in [5, 5.41) is 31.8. The van der Waals surface area contributed by atoms with Gasteiger partial charge in [0.1, 0.15) is 11.5 Å². The molecule has 1 aromatic rings. The van der Waals surface area contributed by atoms with Crippen LogP contribution in [0.2, 0.25) is 0 Å². The number of hydrogen-bond acceptors (Lipinski definition) is 6. The SMILES string of the molecule is CC(O)=c1nnc(=C(C)O)nn1. The molecule has 6 heteroatoms. The normalized spacial score (nSPS) is 9.50. The monoisotopic (exact) mass is 168 g/mol. The van der Waals surface area contributed by atoms with Crippen LogP contribution in [0.25, 0.3) is 11.5 Å². The van der Waals surface area contributed by atoms with E-state index in [0.29, 0.717) is 0 Å². The highest BCUT2D eigenvalue weighted by molar-refractivity contribution is 5.24. The van der Waals surface area contributed by atoms with Gasteiger partial charge >= 0.3 is 0 Å². The zero-order chi connectivity index (χ0) is 9.14. The minimum atomic E-state index is -0.0582. The third-order valence-corrected chi connectivity index (χ3v) is 1.13. The lowest BCUT2D eigenvalue weighted by atomic mass is 10.6. The van der Waals surface area contributed by atoms with E-state index >= 15 is 0 Å². The minimum Gasteiger partial charge on any atom is -0.509 e. The van der Waals surface area contributed by atoms with Crippen molar-refractivity contribution in [2.24, 2.45) is 0 Å².